The topological polar surface area (TPSA) is 96.4 Å². The number of rotatable bonds is 6. The van der Waals surface area contributed by atoms with Gasteiger partial charge in [0.2, 0.25) is 0 Å². The number of carbonyl (C=O) groups is 3. The van der Waals surface area contributed by atoms with Crippen molar-refractivity contribution in [2.75, 3.05) is 38.1 Å². The second-order valence-corrected chi connectivity index (χ2v) is 9.33. The largest absolute Gasteiger partial charge is 0.507 e. The predicted octanol–water partition coefficient (Wildman–Crippen LogP) is 4.79. The third kappa shape index (κ3) is 4.61. The number of hydrogen-bond donors (Lipinski definition) is 1. The lowest BCUT2D eigenvalue weighted by molar-refractivity contribution is -0.132. The van der Waals surface area contributed by atoms with Crippen molar-refractivity contribution < 1.29 is 29.0 Å². The summed E-state index contributed by atoms with van der Waals surface area (Å²) in [5.41, 5.74) is 4.20. The summed E-state index contributed by atoms with van der Waals surface area (Å²) in [7, 11) is 6.68. The fourth-order valence-electron chi connectivity index (χ4n) is 4.65. The standard InChI is InChI=1S/C30H30N2O6/c1-17-16-24(37-5)18(2)15-23(17)27(33)25-26(19-7-11-21(12-8-19)31(3)4)32(29(35)28(25)34)22-13-9-20(10-14-22)30(36)38-6/h7-16,26,33H,1-6H3/b27-25+. The molecule has 1 aliphatic rings. The lowest BCUT2D eigenvalue weighted by atomic mass is 9.92. The number of methoxy groups -OCH3 is 2. The maximum Gasteiger partial charge on any atom is 0.337 e. The van der Waals surface area contributed by atoms with Gasteiger partial charge in [-0.05, 0) is 79.1 Å². The van der Waals surface area contributed by atoms with E-state index in [1.54, 1.807) is 38.3 Å². The number of ether oxygens (including phenoxy) is 2. The van der Waals surface area contributed by atoms with E-state index in [1.807, 2.05) is 50.2 Å². The zero-order valence-corrected chi connectivity index (χ0v) is 22.2. The number of nitrogens with zero attached hydrogens (tertiary/aromatic N) is 2. The molecule has 0 spiro atoms. The molecule has 196 valence electrons. The van der Waals surface area contributed by atoms with Gasteiger partial charge < -0.3 is 19.5 Å². The van der Waals surface area contributed by atoms with Crippen molar-refractivity contribution in [1.82, 2.24) is 0 Å². The summed E-state index contributed by atoms with van der Waals surface area (Å²) in [6.07, 6.45) is 0. The first-order chi connectivity index (χ1) is 18.1. The summed E-state index contributed by atoms with van der Waals surface area (Å²) in [4.78, 5) is 42.2. The maximum atomic E-state index is 13.5. The number of esters is 1. The summed E-state index contributed by atoms with van der Waals surface area (Å²) in [6, 6.07) is 16.3. The van der Waals surface area contributed by atoms with Crippen molar-refractivity contribution >= 4 is 34.8 Å². The number of aliphatic hydroxyl groups is 1. The summed E-state index contributed by atoms with van der Waals surface area (Å²) < 4.78 is 10.2. The molecular formula is C30H30N2O6. The molecule has 0 aromatic heterocycles. The van der Waals surface area contributed by atoms with Gasteiger partial charge in [-0.3, -0.25) is 14.5 Å². The highest BCUT2D eigenvalue weighted by Gasteiger charge is 2.47. The minimum atomic E-state index is -0.892. The lowest BCUT2D eigenvalue weighted by Crippen LogP contribution is -2.29. The van der Waals surface area contributed by atoms with Gasteiger partial charge in [0.05, 0.1) is 31.4 Å². The molecule has 0 radical (unpaired) electrons. The molecule has 0 saturated carbocycles. The molecule has 1 N–H and O–H groups in total. The fourth-order valence-corrected chi connectivity index (χ4v) is 4.65. The highest BCUT2D eigenvalue weighted by atomic mass is 16.5. The van der Waals surface area contributed by atoms with Crippen molar-refractivity contribution in [1.29, 1.82) is 0 Å². The molecule has 1 unspecified atom stereocenters. The van der Waals surface area contributed by atoms with Crippen molar-refractivity contribution in [2.24, 2.45) is 0 Å². The van der Waals surface area contributed by atoms with Gasteiger partial charge in [-0.25, -0.2) is 4.79 Å². The third-order valence-corrected chi connectivity index (χ3v) is 6.73. The molecule has 4 rings (SSSR count). The van der Waals surface area contributed by atoms with Crippen LogP contribution in [0.25, 0.3) is 5.76 Å². The Morgan fingerprint density at radius 1 is 0.921 bits per heavy atom. The van der Waals surface area contributed by atoms with Crippen LogP contribution in [0.15, 0.2) is 66.2 Å². The van der Waals surface area contributed by atoms with Crippen LogP contribution in [0.1, 0.15) is 38.7 Å². The molecule has 1 atom stereocenters. The van der Waals surface area contributed by atoms with Crippen LogP contribution in [-0.2, 0) is 14.3 Å². The molecule has 1 amide bonds. The number of anilines is 2. The molecule has 1 saturated heterocycles. The second kappa shape index (κ2) is 10.4. The number of ketones is 1. The third-order valence-electron chi connectivity index (χ3n) is 6.73. The summed E-state index contributed by atoms with van der Waals surface area (Å²) >= 11 is 0. The molecule has 8 heteroatoms. The van der Waals surface area contributed by atoms with Gasteiger partial charge in [0.15, 0.2) is 0 Å². The normalized spacial score (nSPS) is 16.5. The molecule has 1 aliphatic heterocycles. The smallest absolute Gasteiger partial charge is 0.337 e. The van der Waals surface area contributed by atoms with Gasteiger partial charge in [-0.15, -0.1) is 0 Å². The van der Waals surface area contributed by atoms with E-state index in [0.717, 1.165) is 11.3 Å². The van der Waals surface area contributed by atoms with E-state index < -0.39 is 23.7 Å². The summed E-state index contributed by atoms with van der Waals surface area (Å²) in [5, 5.41) is 11.5. The Labute approximate surface area is 221 Å². The summed E-state index contributed by atoms with van der Waals surface area (Å²) in [5.74, 6) is -1.70. The van der Waals surface area contributed by atoms with Crippen LogP contribution >= 0.6 is 0 Å². The van der Waals surface area contributed by atoms with Gasteiger partial charge in [-0.1, -0.05) is 12.1 Å². The van der Waals surface area contributed by atoms with E-state index in [1.165, 1.54) is 24.1 Å². The van der Waals surface area contributed by atoms with Crippen LogP contribution in [0.5, 0.6) is 5.75 Å². The summed E-state index contributed by atoms with van der Waals surface area (Å²) in [6.45, 7) is 3.65. The van der Waals surface area contributed by atoms with Crippen LogP contribution in [-0.4, -0.2) is 51.1 Å². The molecule has 0 aliphatic carbocycles. The zero-order chi connectivity index (χ0) is 27.7. The Morgan fingerprint density at radius 3 is 2.11 bits per heavy atom. The van der Waals surface area contributed by atoms with Crippen molar-refractivity contribution in [2.45, 2.75) is 19.9 Å². The van der Waals surface area contributed by atoms with Crippen molar-refractivity contribution in [3.63, 3.8) is 0 Å². The van der Waals surface area contributed by atoms with Gasteiger partial charge in [0, 0.05) is 31.0 Å². The van der Waals surface area contributed by atoms with Gasteiger partial charge in [0.25, 0.3) is 11.7 Å². The SMILES string of the molecule is COC(=O)c1ccc(N2C(=O)C(=O)/C(=C(/O)c3cc(C)c(OC)cc3C)C2c2ccc(N(C)C)cc2)cc1. The van der Waals surface area contributed by atoms with E-state index in [-0.39, 0.29) is 11.3 Å². The second-order valence-electron chi connectivity index (χ2n) is 9.33. The molecule has 3 aromatic rings. The number of hydrogen-bond acceptors (Lipinski definition) is 7. The Kier molecular flexibility index (Phi) is 7.26. The Balaban J connectivity index is 1.93. The number of amides is 1. The highest BCUT2D eigenvalue weighted by Crippen LogP contribution is 2.43. The van der Waals surface area contributed by atoms with Crippen LogP contribution in [0, 0.1) is 13.8 Å². The molecule has 1 heterocycles. The molecular weight excluding hydrogens is 484 g/mol. The van der Waals surface area contributed by atoms with E-state index in [0.29, 0.717) is 33.7 Å². The number of aryl methyl sites for hydroxylation is 2. The first-order valence-corrected chi connectivity index (χ1v) is 12.0. The van der Waals surface area contributed by atoms with Crippen LogP contribution in [0.2, 0.25) is 0 Å². The average molecular weight is 515 g/mol. The molecule has 8 nitrogen and oxygen atoms in total. The highest BCUT2D eigenvalue weighted by molar-refractivity contribution is 6.51. The average Bonchev–Trinajstić information content (AvgIpc) is 3.19. The number of aliphatic hydroxyl groups excluding tert-OH is 1. The number of benzene rings is 3. The van der Waals surface area contributed by atoms with Crippen LogP contribution in [0.4, 0.5) is 11.4 Å². The van der Waals surface area contributed by atoms with Crippen LogP contribution in [0.3, 0.4) is 0 Å². The van der Waals surface area contributed by atoms with Crippen molar-refractivity contribution in [3.05, 3.63) is 94.1 Å². The zero-order valence-electron chi connectivity index (χ0n) is 22.2. The Hall–Kier alpha value is -4.59. The first-order valence-electron chi connectivity index (χ1n) is 12.0. The molecule has 1 fully saturated rings. The van der Waals surface area contributed by atoms with Crippen LogP contribution < -0.4 is 14.5 Å². The maximum absolute atomic E-state index is 13.5. The predicted molar refractivity (Wildman–Crippen MR) is 146 cm³/mol. The van der Waals surface area contributed by atoms with Gasteiger partial charge in [0.1, 0.15) is 11.5 Å². The van der Waals surface area contributed by atoms with E-state index in [2.05, 4.69) is 0 Å². The van der Waals surface area contributed by atoms with E-state index in [9.17, 15) is 19.5 Å². The quantitative estimate of drug-likeness (QED) is 0.219. The van der Waals surface area contributed by atoms with Crippen molar-refractivity contribution in [3.8, 4) is 5.75 Å². The van der Waals surface area contributed by atoms with Gasteiger partial charge >= 0.3 is 5.97 Å². The van der Waals surface area contributed by atoms with E-state index >= 15 is 0 Å². The van der Waals surface area contributed by atoms with E-state index in [4.69, 9.17) is 9.47 Å². The van der Waals surface area contributed by atoms with Gasteiger partial charge in [-0.2, -0.15) is 0 Å². The minimum absolute atomic E-state index is 0.0164. The Morgan fingerprint density at radius 2 is 1.55 bits per heavy atom. The Bertz CT molecular complexity index is 1440. The molecule has 3 aromatic carbocycles. The lowest BCUT2D eigenvalue weighted by Gasteiger charge is -2.26. The minimum Gasteiger partial charge on any atom is -0.507 e. The number of carbonyl (C=O) groups excluding carboxylic acids is 3. The molecule has 38 heavy (non-hydrogen) atoms. The molecule has 0 bridgehead atoms. The first kappa shape index (κ1) is 26.5. The monoisotopic (exact) mass is 514 g/mol. The number of Topliss-reactive ketones (excluding diaryl/α,β-unsaturated/α-hetero) is 1. The fraction of sp³-hybridized carbons (Fsp3) is 0.233.